The minimum absolute atomic E-state index is 0.0688. The van der Waals surface area contributed by atoms with E-state index in [1.165, 1.54) is 0 Å². The molecule has 3 heterocycles. The van der Waals surface area contributed by atoms with Crippen molar-refractivity contribution in [2.24, 2.45) is 5.73 Å². The SMILES string of the molecule is NC1CCCn2c(-c3ccco3)nc(Br)c21. The number of nitrogens with two attached hydrogens (primary N) is 1. The van der Waals surface area contributed by atoms with Crippen LogP contribution < -0.4 is 5.73 Å². The van der Waals surface area contributed by atoms with Gasteiger partial charge in [-0.15, -0.1) is 0 Å². The van der Waals surface area contributed by atoms with Crippen molar-refractivity contribution in [1.29, 1.82) is 0 Å². The lowest BCUT2D eigenvalue weighted by Gasteiger charge is -2.21. The third-order valence-electron chi connectivity index (χ3n) is 2.95. The number of nitrogens with zero attached hydrogens (tertiary/aromatic N) is 2. The maximum atomic E-state index is 6.09. The molecule has 84 valence electrons. The van der Waals surface area contributed by atoms with E-state index in [1.807, 2.05) is 12.1 Å². The van der Waals surface area contributed by atoms with Crippen molar-refractivity contribution < 1.29 is 4.42 Å². The average molecular weight is 282 g/mol. The Bertz CT molecular complexity index is 504. The number of imidazole rings is 1. The number of halogens is 1. The lowest BCUT2D eigenvalue weighted by molar-refractivity contribution is 0.459. The monoisotopic (exact) mass is 281 g/mol. The fourth-order valence-corrected chi connectivity index (χ4v) is 2.89. The van der Waals surface area contributed by atoms with Gasteiger partial charge < -0.3 is 14.7 Å². The van der Waals surface area contributed by atoms with Gasteiger partial charge in [-0.2, -0.15) is 0 Å². The molecule has 1 aliphatic heterocycles. The smallest absolute Gasteiger partial charge is 0.177 e. The Hall–Kier alpha value is -1.07. The Kier molecular flexibility index (Phi) is 2.37. The van der Waals surface area contributed by atoms with Crippen LogP contribution in [0.2, 0.25) is 0 Å². The van der Waals surface area contributed by atoms with Crippen molar-refractivity contribution >= 4 is 15.9 Å². The van der Waals surface area contributed by atoms with Crippen LogP contribution in [0.25, 0.3) is 11.6 Å². The first-order valence-corrected chi connectivity index (χ1v) is 6.12. The molecule has 2 N–H and O–H groups in total. The van der Waals surface area contributed by atoms with Crippen molar-refractivity contribution in [2.45, 2.75) is 25.4 Å². The van der Waals surface area contributed by atoms with Gasteiger partial charge in [-0.1, -0.05) is 0 Å². The average Bonchev–Trinajstić information content (AvgIpc) is 2.86. The molecule has 1 unspecified atom stereocenters. The van der Waals surface area contributed by atoms with Crippen LogP contribution in [0.15, 0.2) is 27.4 Å². The molecule has 0 saturated heterocycles. The van der Waals surface area contributed by atoms with E-state index in [4.69, 9.17) is 10.2 Å². The summed E-state index contributed by atoms with van der Waals surface area (Å²) in [6, 6.07) is 3.86. The van der Waals surface area contributed by atoms with Crippen molar-refractivity contribution in [3.8, 4) is 11.6 Å². The van der Waals surface area contributed by atoms with Gasteiger partial charge in [0, 0.05) is 12.6 Å². The molecule has 0 saturated carbocycles. The summed E-state index contributed by atoms with van der Waals surface area (Å²) < 4.78 is 8.38. The molecule has 0 aliphatic carbocycles. The lowest BCUT2D eigenvalue weighted by Crippen LogP contribution is -2.22. The van der Waals surface area contributed by atoms with E-state index in [2.05, 4.69) is 25.5 Å². The van der Waals surface area contributed by atoms with Crippen molar-refractivity contribution in [3.63, 3.8) is 0 Å². The van der Waals surface area contributed by atoms with Gasteiger partial charge in [-0.25, -0.2) is 4.98 Å². The predicted octanol–water partition coefficient (Wildman–Crippen LogP) is 2.70. The van der Waals surface area contributed by atoms with Crippen molar-refractivity contribution in [3.05, 3.63) is 28.7 Å². The van der Waals surface area contributed by atoms with Crippen LogP contribution in [0.1, 0.15) is 24.6 Å². The highest BCUT2D eigenvalue weighted by atomic mass is 79.9. The first kappa shape index (κ1) is 10.1. The van der Waals surface area contributed by atoms with E-state index in [0.717, 1.165) is 41.3 Å². The molecule has 1 aliphatic rings. The lowest BCUT2D eigenvalue weighted by atomic mass is 10.1. The standard InChI is InChI=1S/C11H12BrN3O/c12-10-9-7(13)3-1-5-15(9)11(14-10)8-4-2-6-16-8/h2,4,6-7H,1,3,5,13H2. The first-order valence-electron chi connectivity index (χ1n) is 5.33. The predicted molar refractivity (Wildman–Crippen MR) is 63.8 cm³/mol. The molecular formula is C11H12BrN3O. The van der Waals surface area contributed by atoms with Gasteiger partial charge in [0.25, 0.3) is 0 Å². The second kappa shape index (κ2) is 3.75. The summed E-state index contributed by atoms with van der Waals surface area (Å²) in [5, 5.41) is 0. The number of aromatic nitrogens is 2. The van der Waals surface area contributed by atoms with Gasteiger partial charge in [0.1, 0.15) is 4.60 Å². The number of rotatable bonds is 1. The molecule has 0 aromatic carbocycles. The van der Waals surface area contributed by atoms with Gasteiger partial charge in [0.15, 0.2) is 11.6 Å². The highest BCUT2D eigenvalue weighted by molar-refractivity contribution is 9.10. The Morgan fingerprint density at radius 3 is 3.19 bits per heavy atom. The highest BCUT2D eigenvalue weighted by Gasteiger charge is 2.25. The molecule has 0 spiro atoms. The first-order chi connectivity index (χ1) is 7.77. The third kappa shape index (κ3) is 1.43. The van der Waals surface area contributed by atoms with Crippen molar-refractivity contribution in [2.75, 3.05) is 0 Å². The summed E-state index contributed by atoms with van der Waals surface area (Å²) in [4.78, 5) is 4.49. The van der Waals surface area contributed by atoms with Crippen LogP contribution in [-0.2, 0) is 6.54 Å². The van der Waals surface area contributed by atoms with Gasteiger partial charge in [0.05, 0.1) is 12.0 Å². The zero-order valence-electron chi connectivity index (χ0n) is 8.69. The minimum Gasteiger partial charge on any atom is -0.461 e. The molecule has 3 rings (SSSR count). The van der Waals surface area contributed by atoms with E-state index in [-0.39, 0.29) is 6.04 Å². The van der Waals surface area contributed by atoms with Gasteiger partial charge in [-0.05, 0) is 40.9 Å². The van der Waals surface area contributed by atoms with E-state index >= 15 is 0 Å². The van der Waals surface area contributed by atoms with Crippen LogP contribution in [0.3, 0.4) is 0 Å². The summed E-state index contributed by atoms with van der Waals surface area (Å²) in [6.45, 7) is 0.956. The zero-order valence-corrected chi connectivity index (χ0v) is 10.3. The molecule has 0 radical (unpaired) electrons. The largest absolute Gasteiger partial charge is 0.461 e. The maximum Gasteiger partial charge on any atom is 0.177 e. The fourth-order valence-electron chi connectivity index (χ4n) is 2.22. The topological polar surface area (TPSA) is 57.0 Å². The molecule has 4 nitrogen and oxygen atoms in total. The summed E-state index contributed by atoms with van der Waals surface area (Å²) in [5.41, 5.74) is 7.17. The van der Waals surface area contributed by atoms with Crippen LogP contribution >= 0.6 is 15.9 Å². The Morgan fingerprint density at radius 1 is 1.56 bits per heavy atom. The molecule has 0 fully saturated rings. The molecule has 2 aromatic heterocycles. The zero-order chi connectivity index (χ0) is 11.1. The number of hydrogen-bond donors (Lipinski definition) is 1. The van der Waals surface area contributed by atoms with Crippen molar-refractivity contribution in [1.82, 2.24) is 9.55 Å². The van der Waals surface area contributed by atoms with E-state index in [1.54, 1.807) is 6.26 Å². The highest BCUT2D eigenvalue weighted by Crippen LogP contribution is 2.34. The summed E-state index contributed by atoms with van der Waals surface area (Å²) in [7, 11) is 0. The number of hydrogen-bond acceptors (Lipinski definition) is 3. The Balaban J connectivity index is 2.18. The van der Waals surface area contributed by atoms with Gasteiger partial charge in [-0.3, -0.25) is 0 Å². The number of fused-ring (bicyclic) bond motifs is 1. The summed E-state index contributed by atoms with van der Waals surface area (Å²) >= 11 is 3.48. The van der Waals surface area contributed by atoms with E-state index < -0.39 is 0 Å². The van der Waals surface area contributed by atoms with Crippen LogP contribution in [0.5, 0.6) is 0 Å². The molecule has 1 atom stereocenters. The summed E-state index contributed by atoms with van der Waals surface area (Å²) in [6.07, 6.45) is 3.76. The molecule has 0 amide bonds. The molecule has 16 heavy (non-hydrogen) atoms. The van der Waals surface area contributed by atoms with Gasteiger partial charge in [0.2, 0.25) is 0 Å². The quantitative estimate of drug-likeness (QED) is 0.874. The second-order valence-corrected chi connectivity index (χ2v) is 4.74. The minimum atomic E-state index is 0.0688. The molecule has 2 aromatic rings. The normalized spacial score (nSPS) is 19.8. The van der Waals surface area contributed by atoms with Crippen LogP contribution in [0.4, 0.5) is 0 Å². The van der Waals surface area contributed by atoms with E-state index in [9.17, 15) is 0 Å². The Labute approximate surface area is 102 Å². The fraction of sp³-hybridized carbons (Fsp3) is 0.364. The van der Waals surface area contributed by atoms with Gasteiger partial charge >= 0.3 is 0 Å². The molecule has 0 bridgehead atoms. The number of furan rings is 1. The maximum absolute atomic E-state index is 6.09. The Morgan fingerprint density at radius 2 is 2.44 bits per heavy atom. The van der Waals surface area contributed by atoms with Crippen LogP contribution in [0, 0.1) is 0 Å². The molecule has 5 heteroatoms. The third-order valence-corrected chi connectivity index (χ3v) is 3.54. The second-order valence-electron chi connectivity index (χ2n) is 3.99. The van der Waals surface area contributed by atoms with E-state index in [0.29, 0.717) is 0 Å². The molecular weight excluding hydrogens is 270 g/mol. The summed E-state index contributed by atoms with van der Waals surface area (Å²) in [5.74, 6) is 1.66. The van der Waals surface area contributed by atoms with Crippen LogP contribution in [-0.4, -0.2) is 9.55 Å².